The van der Waals surface area contributed by atoms with Gasteiger partial charge >= 0.3 is 0 Å². The first-order valence-corrected chi connectivity index (χ1v) is 6.32. The van der Waals surface area contributed by atoms with E-state index in [-0.39, 0.29) is 5.91 Å². The normalized spacial score (nSPS) is 14.7. The van der Waals surface area contributed by atoms with E-state index in [1.54, 1.807) is 0 Å². The molecule has 0 unspecified atom stereocenters. The first-order valence-electron chi connectivity index (χ1n) is 5.94. The highest BCUT2D eigenvalue weighted by Crippen LogP contribution is 2.27. The number of benzene rings is 1. The molecule has 0 radical (unpaired) electrons. The molecule has 1 amide bonds. The first kappa shape index (κ1) is 12.4. The van der Waals surface area contributed by atoms with E-state index in [9.17, 15) is 4.79 Å². The monoisotopic (exact) mass is 252 g/mol. The van der Waals surface area contributed by atoms with Gasteiger partial charge in [0.15, 0.2) is 0 Å². The molecule has 1 aliphatic rings. The summed E-state index contributed by atoms with van der Waals surface area (Å²) in [6.07, 6.45) is 2.67. The molecule has 0 aliphatic heterocycles. The van der Waals surface area contributed by atoms with E-state index in [1.807, 2.05) is 29.2 Å². The second-order valence-electron chi connectivity index (χ2n) is 4.41. The zero-order valence-corrected chi connectivity index (χ0v) is 10.5. The molecule has 0 aromatic heterocycles. The fourth-order valence-corrected chi connectivity index (χ4v) is 2.04. The number of amides is 1. The predicted octanol–water partition coefficient (Wildman–Crippen LogP) is 1.83. The lowest BCUT2D eigenvalue weighted by Gasteiger charge is -2.21. The summed E-state index contributed by atoms with van der Waals surface area (Å²) in [7, 11) is 0. The van der Waals surface area contributed by atoms with Crippen molar-refractivity contribution in [3.05, 3.63) is 34.9 Å². The molecule has 92 valence electrons. The Labute approximate surface area is 107 Å². The number of hydrogen-bond acceptors (Lipinski definition) is 2. The average molecular weight is 253 g/mol. The molecule has 0 saturated heterocycles. The zero-order chi connectivity index (χ0) is 12.3. The first-order chi connectivity index (χ1) is 8.20. The van der Waals surface area contributed by atoms with Crippen molar-refractivity contribution in [2.24, 2.45) is 5.73 Å². The summed E-state index contributed by atoms with van der Waals surface area (Å²) >= 11 is 5.81. The number of nitrogens with zero attached hydrogens (tertiary/aromatic N) is 1. The largest absolute Gasteiger partial charge is 0.338 e. The molecule has 1 aromatic carbocycles. The summed E-state index contributed by atoms with van der Waals surface area (Å²) in [4.78, 5) is 14.0. The topological polar surface area (TPSA) is 46.3 Å². The molecule has 1 fully saturated rings. The third-order valence-corrected chi connectivity index (χ3v) is 3.20. The molecule has 1 aliphatic carbocycles. The molecule has 4 heteroatoms. The quantitative estimate of drug-likeness (QED) is 0.869. The zero-order valence-electron chi connectivity index (χ0n) is 9.73. The minimum Gasteiger partial charge on any atom is -0.338 e. The number of nitrogens with two attached hydrogens (primary N) is 1. The molecule has 0 spiro atoms. The summed E-state index contributed by atoms with van der Waals surface area (Å²) in [6.45, 7) is 1.19. The highest BCUT2D eigenvalue weighted by atomic mass is 35.5. The van der Waals surface area contributed by atoms with E-state index in [1.165, 1.54) is 0 Å². The lowest BCUT2D eigenvalue weighted by molar-refractivity contribution is -0.130. The van der Waals surface area contributed by atoms with E-state index in [2.05, 4.69) is 0 Å². The van der Waals surface area contributed by atoms with Gasteiger partial charge in [0.1, 0.15) is 0 Å². The second-order valence-corrected chi connectivity index (χ2v) is 4.85. The van der Waals surface area contributed by atoms with Gasteiger partial charge in [-0.15, -0.1) is 0 Å². The summed E-state index contributed by atoms with van der Waals surface area (Å²) < 4.78 is 0. The summed E-state index contributed by atoms with van der Waals surface area (Å²) in [5, 5.41) is 0.696. The maximum Gasteiger partial charge on any atom is 0.227 e. The Balaban J connectivity index is 1.96. The van der Waals surface area contributed by atoms with Gasteiger partial charge in [-0.2, -0.15) is 0 Å². The van der Waals surface area contributed by atoms with Crippen molar-refractivity contribution in [3.63, 3.8) is 0 Å². The SMILES string of the molecule is NCCN(C(=O)Cc1ccc(Cl)cc1)C1CC1. The summed E-state index contributed by atoms with van der Waals surface area (Å²) in [6, 6.07) is 7.85. The minimum absolute atomic E-state index is 0.167. The predicted molar refractivity (Wildman–Crippen MR) is 68.9 cm³/mol. The van der Waals surface area contributed by atoms with Gasteiger partial charge < -0.3 is 10.6 Å². The number of rotatable bonds is 5. The molecule has 1 aromatic rings. The van der Waals surface area contributed by atoms with Crippen molar-refractivity contribution >= 4 is 17.5 Å². The molecular weight excluding hydrogens is 236 g/mol. The Morgan fingerprint density at radius 2 is 2.00 bits per heavy atom. The highest BCUT2D eigenvalue weighted by Gasteiger charge is 2.31. The highest BCUT2D eigenvalue weighted by molar-refractivity contribution is 6.30. The second kappa shape index (κ2) is 5.52. The van der Waals surface area contributed by atoms with Crippen molar-refractivity contribution < 1.29 is 4.79 Å². The van der Waals surface area contributed by atoms with Crippen LogP contribution >= 0.6 is 11.6 Å². The smallest absolute Gasteiger partial charge is 0.227 e. The Morgan fingerprint density at radius 3 is 2.53 bits per heavy atom. The Kier molecular flexibility index (Phi) is 4.02. The van der Waals surface area contributed by atoms with E-state index in [0.717, 1.165) is 18.4 Å². The Morgan fingerprint density at radius 1 is 1.35 bits per heavy atom. The van der Waals surface area contributed by atoms with Gasteiger partial charge in [-0.25, -0.2) is 0 Å². The molecule has 1 saturated carbocycles. The van der Waals surface area contributed by atoms with Crippen molar-refractivity contribution in [2.45, 2.75) is 25.3 Å². The molecule has 2 rings (SSSR count). The summed E-state index contributed by atoms with van der Waals surface area (Å²) in [5.41, 5.74) is 6.54. The molecule has 17 heavy (non-hydrogen) atoms. The average Bonchev–Trinajstić information content (AvgIpc) is 3.13. The Bertz CT molecular complexity index is 387. The van der Waals surface area contributed by atoms with E-state index >= 15 is 0 Å². The van der Waals surface area contributed by atoms with Crippen molar-refractivity contribution in [2.75, 3.05) is 13.1 Å². The van der Waals surface area contributed by atoms with Gasteiger partial charge in [0, 0.05) is 24.2 Å². The van der Waals surface area contributed by atoms with E-state index < -0.39 is 0 Å². The molecular formula is C13H17ClN2O. The van der Waals surface area contributed by atoms with Gasteiger partial charge in [-0.05, 0) is 30.5 Å². The van der Waals surface area contributed by atoms with Crippen molar-refractivity contribution in [1.29, 1.82) is 0 Å². The minimum atomic E-state index is 0.167. The van der Waals surface area contributed by atoms with Gasteiger partial charge in [-0.1, -0.05) is 23.7 Å². The maximum absolute atomic E-state index is 12.1. The van der Waals surface area contributed by atoms with Gasteiger partial charge in [0.05, 0.1) is 6.42 Å². The summed E-state index contributed by atoms with van der Waals surface area (Å²) in [5.74, 6) is 0.167. The van der Waals surface area contributed by atoms with E-state index in [0.29, 0.717) is 30.6 Å². The third-order valence-electron chi connectivity index (χ3n) is 2.95. The van der Waals surface area contributed by atoms with Crippen LogP contribution in [0.1, 0.15) is 18.4 Å². The van der Waals surface area contributed by atoms with Crippen LogP contribution in [0.3, 0.4) is 0 Å². The van der Waals surface area contributed by atoms with Crippen LogP contribution in [0.2, 0.25) is 5.02 Å². The van der Waals surface area contributed by atoms with Crippen LogP contribution in [0.25, 0.3) is 0 Å². The maximum atomic E-state index is 12.1. The standard InChI is InChI=1S/C13H17ClN2O/c14-11-3-1-10(2-4-11)9-13(17)16(8-7-15)12-5-6-12/h1-4,12H,5-9,15H2. The fourth-order valence-electron chi connectivity index (χ4n) is 1.91. The van der Waals surface area contributed by atoms with Crippen molar-refractivity contribution in [1.82, 2.24) is 4.90 Å². The number of carbonyl (C=O) groups is 1. The number of carbonyl (C=O) groups excluding carboxylic acids is 1. The van der Waals surface area contributed by atoms with Crippen LogP contribution in [0.5, 0.6) is 0 Å². The fraction of sp³-hybridized carbons (Fsp3) is 0.462. The molecule has 3 nitrogen and oxygen atoms in total. The lowest BCUT2D eigenvalue weighted by atomic mass is 10.1. The van der Waals surface area contributed by atoms with Gasteiger partial charge in [0.2, 0.25) is 5.91 Å². The Hall–Kier alpha value is -1.06. The third kappa shape index (κ3) is 3.45. The number of halogens is 1. The van der Waals surface area contributed by atoms with Crippen LogP contribution in [-0.2, 0) is 11.2 Å². The van der Waals surface area contributed by atoms with Gasteiger partial charge in [-0.3, -0.25) is 4.79 Å². The van der Waals surface area contributed by atoms with Crippen LogP contribution in [0, 0.1) is 0 Å². The lowest BCUT2D eigenvalue weighted by Crippen LogP contribution is -2.38. The van der Waals surface area contributed by atoms with E-state index in [4.69, 9.17) is 17.3 Å². The van der Waals surface area contributed by atoms with Crippen LogP contribution < -0.4 is 5.73 Å². The number of hydrogen-bond donors (Lipinski definition) is 1. The molecule has 0 atom stereocenters. The van der Waals surface area contributed by atoms with Crippen molar-refractivity contribution in [3.8, 4) is 0 Å². The van der Waals surface area contributed by atoms with Crippen LogP contribution in [0.15, 0.2) is 24.3 Å². The van der Waals surface area contributed by atoms with Crippen LogP contribution in [0.4, 0.5) is 0 Å². The van der Waals surface area contributed by atoms with Gasteiger partial charge in [0.25, 0.3) is 0 Å². The van der Waals surface area contributed by atoms with Crippen LogP contribution in [-0.4, -0.2) is 29.9 Å². The molecule has 0 bridgehead atoms. The molecule has 2 N–H and O–H groups in total. The molecule has 0 heterocycles.